The van der Waals surface area contributed by atoms with E-state index in [1.165, 1.54) is 6.08 Å². The van der Waals surface area contributed by atoms with Crippen molar-refractivity contribution < 1.29 is 13.2 Å². The van der Waals surface area contributed by atoms with Gasteiger partial charge in [0.15, 0.2) is 0 Å². The molecule has 0 aromatic heterocycles. The Hall–Kier alpha value is -1.17. The van der Waals surface area contributed by atoms with Crippen molar-refractivity contribution in [3.63, 3.8) is 0 Å². The zero-order valence-electron chi connectivity index (χ0n) is 7.15. The van der Waals surface area contributed by atoms with Crippen molar-refractivity contribution in [3.05, 3.63) is 23.8 Å². The second kappa shape index (κ2) is 3.69. The zero-order valence-corrected chi connectivity index (χ0v) is 7.15. The molecule has 13 heavy (non-hydrogen) atoms. The molecule has 1 atom stereocenters. The molecule has 0 aromatic carbocycles. The van der Waals surface area contributed by atoms with Crippen LogP contribution >= 0.6 is 0 Å². The first kappa shape index (κ1) is 9.91. The van der Waals surface area contributed by atoms with E-state index in [1.54, 1.807) is 0 Å². The average Bonchev–Trinajstić information content (AvgIpc) is 2.26. The molecular weight excluding hydrogens is 177 g/mol. The maximum Gasteiger partial charge on any atom is 0.417 e. The molecular formula is C10H9F3. The summed E-state index contributed by atoms with van der Waals surface area (Å²) in [5.74, 6) is 5.07. The topological polar surface area (TPSA) is 0 Å². The van der Waals surface area contributed by atoms with Crippen molar-refractivity contribution in [1.29, 1.82) is 0 Å². The lowest BCUT2D eigenvalue weighted by atomic mass is 10.1. The predicted molar refractivity (Wildman–Crippen MR) is 44.8 cm³/mol. The van der Waals surface area contributed by atoms with E-state index in [0.29, 0.717) is 0 Å². The summed E-state index contributed by atoms with van der Waals surface area (Å²) in [5, 5.41) is 0. The molecule has 0 radical (unpaired) electrons. The summed E-state index contributed by atoms with van der Waals surface area (Å²) in [7, 11) is 0. The van der Waals surface area contributed by atoms with Crippen LogP contribution in [0, 0.1) is 17.8 Å². The van der Waals surface area contributed by atoms with Gasteiger partial charge in [-0.3, -0.25) is 0 Å². The van der Waals surface area contributed by atoms with Gasteiger partial charge in [0.2, 0.25) is 0 Å². The molecule has 0 heterocycles. The van der Waals surface area contributed by atoms with Crippen LogP contribution in [0.25, 0.3) is 0 Å². The number of hydrogen-bond donors (Lipinski definition) is 0. The Morgan fingerprint density at radius 3 is 2.69 bits per heavy atom. The van der Waals surface area contributed by atoms with Gasteiger partial charge in [-0.2, -0.15) is 13.2 Å². The van der Waals surface area contributed by atoms with Gasteiger partial charge < -0.3 is 0 Å². The minimum Gasteiger partial charge on any atom is -0.166 e. The molecule has 0 fully saturated rings. The van der Waals surface area contributed by atoms with Gasteiger partial charge in [-0.05, 0) is 6.42 Å². The Morgan fingerprint density at radius 2 is 2.15 bits per heavy atom. The Morgan fingerprint density at radius 1 is 1.46 bits per heavy atom. The summed E-state index contributed by atoms with van der Waals surface area (Å²) in [4.78, 5) is 0. The van der Waals surface area contributed by atoms with Crippen LogP contribution in [0.2, 0.25) is 0 Å². The Labute approximate surface area is 75.1 Å². The second-order valence-corrected chi connectivity index (χ2v) is 2.76. The fraction of sp³-hybridized carbons (Fsp3) is 0.400. The monoisotopic (exact) mass is 186 g/mol. The van der Waals surface area contributed by atoms with Crippen LogP contribution in [0.5, 0.6) is 0 Å². The standard InChI is InChI=1S/C10H9F3/c1-2-8-4-3-5-9(7-6-8)10(11,12)13/h5-8H,2H2,1H3. The molecule has 0 nitrogen and oxygen atoms in total. The molecule has 0 N–H and O–H groups in total. The van der Waals surface area contributed by atoms with Crippen LogP contribution in [0.1, 0.15) is 13.3 Å². The molecule has 0 spiro atoms. The maximum absolute atomic E-state index is 12.2. The van der Waals surface area contributed by atoms with Gasteiger partial charge in [-0.15, -0.1) is 0 Å². The summed E-state index contributed by atoms with van der Waals surface area (Å²) < 4.78 is 36.5. The number of alkyl halides is 3. The smallest absolute Gasteiger partial charge is 0.166 e. The molecule has 0 aliphatic heterocycles. The maximum atomic E-state index is 12.2. The minimum atomic E-state index is -4.28. The zero-order chi connectivity index (χ0) is 9.90. The molecule has 70 valence electrons. The third-order valence-corrected chi connectivity index (χ3v) is 1.77. The summed E-state index contributed by atoms with van der Waals surface area (Å²) in [6, 6.07) is 0. The average molecular weight is 186 g/mol. The largest absolute Gasteiger partial charge is 0.417 e. The van der Waals surface area contributed by atoms with Crippen LogP contribution in [-0.4, -0.2) is 6.18 Å². The fourth-order valence-corrected chi connectivity index (χ4v) is 0.957. The molecule has 0 saturated heterocycles. The fourth-order valence-electron chi connectivity index (χ4n) is 0.957. The van der Waals surface area contributed by atoms with Crippen molar-refractivity contribution in [1.82, 2.24) is 0 Å². The predicted octanol–water partition coefficient (Wildman–Crippen LogP) is 3.07. The van der Waals surface area contributed by atoms with E-state index in [4.69, 9.17) is 0 Å². The molecule has 1 unspecified atom stereocenters. The van der Waals surface area contributed by atoms with E-state index >= 15 is 0 Å². The molecule has 3 heteroatoms. The van der Waals surface area contributed by atoms with E-state index in [2.05, 4.69) is 11.8 Å². The first-order valence-electron chi connectivity index (χ1n) is 4.00. The minimum absolute atomic E-state index is 0.0592. The van der Waals surface area contributed by atoms with Crippen LogP contribution in [-0.2, 0) is 0 Å². The third kappa shape index (κ3) is 2.66. The summed E-state index contributed by atoms with van der Waals surface area (Å²) in [6.07, 6.45) is -0.0388. The van der Waals surface area contributed by atoms with E-state index in [0.717, 1.165) is 18.6 Å². The highest BCUT2D eigenvalue weighted by atomic mass is 19.4. The summed E-state index contributed by atoms with van der Waals surface area (Å²) in [5.41, 5.74) is -0.670. The third-order valence-electron chi connectivity index (χ3n) is 1.77. The Bertz CT molecular complexity index is 296. The van der Waals surface area contributed by atoms with E-state index in [9.17, 15) is 13.2 Å². The highest BCUT2D eigenvalue weighted by molar-refractivity contribution is 5.36. The van der Waals surface area contributed by atoms with Gasteiger partial charge >= 0.3 is 6.18 Å². The van der Waals surface area contributed by atoms with E-state index in [-0.39, 0.29) is 5.92 Å². The molecule has 1 aliphatic carbocycles. The quantitative estimate of drug-likeness (QED) is 0.552. The molecule has 1 aliphatic rings. The molecule has 0 aromatic rings. The summed E-state index contributed by atoms with van der Waals surface area (Å²) in [6.45, 7) is 1.89. The number of halogens is 3. The van der Waals surface area contributed by atoms with Crippen molar-refractivity contribution in [2.45, 2.75) is 19.5 Å². The van der Waals surface area contributed by atoms with Crippen LogP contribution in [0.15, 0.2) is 23.8 Å². The first-order chi connectivity index (χ1) is 6.04. The second-order valence-electron chi connectivity index (χ2n) is 2.76. The van der Waals surface area contributed by atoms with Gasteiger partial charge in [0.1, 0.15) is 0 Å². The van der Waals surface area contributed by atoms with Crippen molar-refractivity contribution in [2.24, 2.45) is 5.92 Å². The molecule has 0 amide bonds. The Kier molecular flexibility index (Phi) is 2.82. The lowest BCUT2D eigenvalue weighted by molar-refractivity contribution is -0.0881. The van der Waals surface area contributed by atoms with Gasteiger partial charge in [-0.25, -0.2) is 0 Å². The number of rotatable bonds is 1. The first-order valence-corrected chi connectivity index (χ1v) is 4.00. The highest BCUT2D eigenvalue weighted by Gasteiger charge is 2.31. The van der Waals surface area contributed by atoms with Crippen molar-refractivity contribution in [2.75, 3.05) is 0 Å². The van der Waals surface area contributed by atoms with Crippen molar-refractivity contribution in [3.8, 4) is 11.8 Å². The lowest BCUT2D eigenvalue weighted by Crippen LogP contribution is -2.09. The van der Waals surface area contributed by atoms with Gasteiger partial charge in [0.25, 0.3) is 0 Å². The molecule has 0 saturated carbocycles. The van der Waals surface area contributed by atoms with Crippen molar-refractivity contribution >= 4 is 0 Å². The normalized spacial score (nSPS) is 21.5. The van der Waals surface area contributed by atoms with Crippen LogP contribution < -0.4 is 0 Å². The van der Waals surface area contributed by atoms with Gasteiger partial charge in [-0.1, -0.05) is 30.9 Å². The van der Waals surface area contributed by atoms with E-state index < -0.39 is 11.7 Å². The summed E-state index contributed by atoms with van der Waals surface area (Å²) >= 11 is 0. The van der Waals surface area contributed by atoms with Crippen LogP contribution in [0.4, 0.5) is 13.2 Å². The van der Waals surface area contributed by atoms with Gasteiger partial charge in [0, 0.05) is 12.0 Å². The Balaban J connectivity index is 2.86. The number of hydrogen-bond acceptors (Lipinski definition) is 0. The SMILES string of the molecule is CCC1C#CC=C(C(F)(F)F)C=C1. The lowest BCUT2D eigenvalue weighted by Gasteiger charge is -2.05. The highest BCUT2D eigenvalue weighted by Crippen LogP contribution is 2.27. The number of allylic oxidation sites excluding steroid dienone is 4. The van der Waals surface area contributed by atoms with Crippen LogP contribution in [0.3, 0.4) is 0 Å². The van der Waals surface area contributed by atoms with Gasteiger partial charge in [0.05, 0.1) is 5.57 Å². The van der Waals surface area contributed by atoms with E-state index in [1.807, 2.05) is 6.92 Å². The molecule has 1 rings (SSSR count). The molecule has 0 bridgehead atoms.